The highest BCUT2D eigenvalue weighted by molar-refractivity contribution is 6.44. The summed E-state index contributed by atoms with van der Waals surface area (Å²) >= 11 is -3.64. The lowest BCUT2D eigenvalue weighted by Gasteiger charge is -2.14. The summed E-state index contributed by atoms with van der Waals surface area (Å²) in [5.74, 6) is -2.72. The van der Waals surface area contributed by atoms with E-state index in [0.717, 1.165) is 57.8 Å². The van der Waals surface area contributed by atoms with E-state index in [0.29, 0.717) is 19.3 Å². The maximum absolute atomic E-state index is 12.8. The molecule has 0 rings (SSSR count). The first-order valence-corrected chi connectivity index (χ1v) is 34.0. The van der Waals surface area contributed by atoms with Crippen LogP contribution < -0.4 is 16.0 Å². The number of amides is 3. The third-order valence-electron chi connectivity index (χ3n) is 14.7. The zero-order valence-electron chi connectivity index (χ0n) is 49.9. The van der Waals surface area contributed by atoms with Crippen molar-refractivity contribution in [3.63, 3.8) is 0 Å². The molecule has 0 aliphatic rings. The maximum Gasteiger partial charge on any atom is 1.20 e. The van der Waals surface area contributed by atoms with Crippen LogP contribution in [0.3, 0.4) is 0 Å². The molecule has 0 aliphatic carbocycles. The Morgan fingerprint density at radius 2 is 0.395 bits per heavy atom. The summed E-state index contributed by atoms with van der Waals surface area (Å²) in [5, 5.41) is 8.28. The standard InChI is InChI=1S/3C21H41NO3.Al/c3*1-2-3-4-5-6-7-8-9-10-11-12-13-14-15-16-17-20(23)22-19-18-21(24)25;/h3*2-19H2,1H3,(H,22,23)(H,24,25);/q;;;+3/p-3. The third kappa shape index (κ3) is 57.5. The van der Waals surface area contributed by atoms with E-state index in [1.807, 2.05) is 0 Å². The summed E-state index contributed by atoms with van der Waals surface area (Å²) in [7, 11) is 0. The van der Waals surface area contributed by atoms with Gasteiger partial charge in [0.15, 0.2) is 0 Å². The molecule has 444 valence electrons. The predicted molar refractivity (Wildman–Crippen MR) is 316 cm³/mol. The third-order valence-corrected chi connectivity index (χ3v) is 16.0. The Labute approximate surface area is 472 Å². The molecule has 0 unspecified atom stereocenters. The van der Waals surface area contributed by atoms with E-state index in [-0.39, 0.29) is 56.6 Å². The topological polar surface area (TPSA) is 166 Å². The molecule has 0 atom stereocenters. The summed E-state index contributed by atoms with van der Waals surface area (Å²) in [6.07, 6.45) is 56.9. The molecule has 13 heteroatoms. The SMILES string of the molecule is CCCCCCCCCCCCCCCCCC(=O)NCCC(=O)[O][Al]([O]C(=O)CCNC(=O)CCCCCCCCCCCCCCCCC)[O]C(=O)CCNC(=O)CCCCCCCCCCCCCCCCC. The van der Waals surface area contributed by atoms with Gasteiger partial charge in [0, 0.05) is 38.9 Å². The van der Waals surface area contributed by atoms with Gasteiger partial charge in [-0.25, -0.2) is 0 Å². The fourth-order valence-corrected chi connectivity index (χ4v) is 10.9. The molecule has 0 saturated heterocycles. The van der Waals surface area contributed by atoms with Crippen molar-refractivity contribution >= 4 is 50.8 Å². The van der Waals surface area contributed by atoms with E-state index in [9.17, 15) is 28.8 Å². The van der Waals surface area contributed by atoms with E-state index in [1.165, 1.54) is 231 Å². The zero-order valence-corrected chi connectivity index (χ0v) is 51.1. The molecule has 76 heavy (non-hydrogen) atoms. The number of unbranched alkanes of at least 4 members (excludes halogenated alkanes) is 42. The molecule has 0 aromatic heterocycles. The van der Waals surface area contributed by atoms with Crippen molar-refractivity contribution in [3.8, 4) is 0 Å². The molecule has 0 fully saturated rings. The Balaban J connectivity index is 4.54. The van der Waals surface area contributed by atoms with Crippen molar-refractivity contribution in [1.82, 2.24) is 16.0 Å². The van der Waals surface area contributed by atoms with Crippen LogP contribution in [0.15, 0.2) is 0 Å². The van der Waals surface area contributed by atoms with Crippen molar-refractivity contribution in [3.05, 3.63) is 0 Å². The largest absolute Gasteiger partial charge is 1.20 e. The fourth-order valence-electron chi connectivity index (χ4n) is 9.72. The van der Waals surface area contributed by atoms with Crippen LogP contribution in [-0.2, 0) is 40.1 Å². The van der Waals surface area contributed by atoms with E-state index in [4.69, 9.17) is 11.4 Å². The number of carbonyl (C=O) groups is 6. The minimum absolute atomic E-state index is 0.0379. The summed E-state index contributed by atoms with van der Waals surface area (Å²) < 4.78 is 16.1. The summed E-state index contributed by atoms with van der Waals surface area (Å²) in [4.78, 5) is 76.0. The number of nitrogens with one attached hydrogen (secondary N) is 3. The average Bonchev–Trinajstić information content (AvgIpc) is 3.39. The van der Waals surface area contributed by atoms with Crippen LogP contribution in [-0.4, -0.2) is 70.4 Å². The van der Waals surface area contributed by atoms with Crippen LogP contribution in [0, 0.1) is 0 Å². The summed E-state index contributed by atoms with van der Waals surface area (Å²) in [6, 6.07) is 0. The Kier molecular flexibility index (Phi) is 57.9. The van der Waals surface area contributed by atoms with Crippen molar-refractivity contribution in [2.45, 2.75) is 348 Å². The van der Waals surface area contributed by atoms with Gasteiger partial charge in [-0.1, -0.05) is 290 Å². The van der Waals surface area contributed by atoms with Crippen LogP contribution in [0.4, 0.5) is 0 Å². The summed E-state index contributed by atoms with van der Waals surface area (Å²) in [5.41, 5.74) is 0. The highest BCUT2D eigenvalue weighted by Crippen LogP contribution is 2.17. The van der Waals surface area contributed by atoms with Gasteiger partial charge in [0.05, 0.1) is 19.3 Å². The van der Waals surface area contributed by atoms with E-state index in [1.54, 1.807) is 0 Å². The monoisotopic (exact) mass is 1090 g/mol. The molecule has 0 bridgehead atoms. The molecule has 0 aromatic rings. The molecule has 0 heterocycles. The second-order valence-corrected chi connectivity index (χ2v) is 23.4. The molecule has 0 aromatic carbocycles. The molecule has 3 N–H and O–H groups in total. The van der Waals surface area contributed by atoms with Crippen molar-refractivity contribution in [1.29, 1.82) is 0 Å². The Bertz CT molecular complexity index is 1200. The fraction of sp³-hybridized carbons (Fsp3) is 0.905. The van der Waals surface area contributed by atoms with Gasteiger partial charge in [-0.15, -0.1) is 0 Å². The molecular weight excluding hydrogens is 970 g/mol. The minimum Gasteiger partial charge on any atom is -0.551 e. The average molecular weight is 1090 g/mol. The van der Waals surface area contributed by atoms with Gasteiger partial charge in [0.25, 0.3) is 17.9 Å². The first-order valence-electron chi connectivity index (χ1n) is 32.6. The minimum atomic E-state index is -3.64. The van der Waals surface area contributed by atoms with Crippen LogP contribution >= 0.6 is 0 Å². The van der Waals surface area contributed by atoms with E-state index >= 15 is 0 Å². The maximum atomic E-state index is 12.8. The van der Waals surface area contributed by atoms with Gasteiger partial charge < -0.3 is 27.3 Å². The molecule has 0 radical (unpaired) electrons. The quantitative estimate of drug-likeness (QED) is 0.0397. The number of hydrogen-bond acceptors (Lipinski definition) is 9. The lowest BCUT2D eigenvalue weighted by molar-refractivity contribution is -0.147. The Morgan fingerprint density at radius 3 is 0.566 bits per heavy atom. The first kappa shape index (κ1) is 73.4. The van der Waals surface area contributed by atoms with Crippen molar-refractivity contribution in [2.75, 3.05) is 19.6 Å². The Morgan fingerprint density at radius 1 is 0.237 bits per heavy atom. The predicted octanol–water partition coefficient (Wildman–Crippen LogP) is 16.9. The smallest absolute Gasteiger partial charge is 0.551 e. The molecule has 12 nitrogen and oxygen atoms in total. The number of carbonyl (C=O) groups excluding carboxylic acids is 6. The van der Waals surface area contributed by atoms with Gasteiger partial charge in [0.2, 0.25) is 17.7 Å². The highest BCUT2D eigenvalue weighted by Gasteiger charge is 2.48. The van der Waals surface area contributed by atoms with Gasteiger partial charge in [-0.05, 0) is 19.3 Å². The van der Waals surface area contributed by atoms with Crippen LogP contribution in [0.5, 0.6) is 0 Å². The molecule has 0 aliphatic heterocycles. The van der Waals surface area contributed by atoms with Gasteiger partial charge >= 0.3 is 15.1 Å². The number of rotatable bonds is 60. The van der Waals surface area contributed by atoms with Gasteiger partial charge in [-0.3, -0.25) is 28.8 Å². The van der Waals surface area contributed by atoms with E-state index in [2.05, 4.69) is 36.7 Å². The Hall–Kier alpha value is -2.65. The molecular formula is C63H120AlN3O9. The van der Waals surface area contributed by atoms with Crippen LogP contribution in [0.25, 0.3) is 0 Å². The van der Waals surface area contributed by atoms with Crippen molar-refractivity contribution in [2.24, 2.45) is 0 Å². The second-order valence-electron chi connectivity index (χ2n) is 22.2. The lowest BCUT2D eigenvalue weighted by Crippen LogP contribution is -2.37. The summed E-state index contributed by atoms with van der Waals surface area (Å²) in [6.45, 7) is 6.89. The first-order chi connectivity index (χ1) is 37.2. The van der Waals surface area contributed by atoms with Crippen molar-refractivity contribution < 1.29 is 40.1 Å². The normalized spacial score (nSPS) is 11.1. The van der Waals surface area contributed by atoms with Crippen LogP contribution in [0.2, 0.25) is 0 Å². The second kappa shape index (κ2) is 60.0. The van der Waals surface area contributed by atoms with Gasteiger partial charge in [0.1, 0.15) is 0 Å². The molecule has 3 amide bonds. The molecule has 0 spiro atoms. The number of hydrogen-bond donors (Lipinski definition) is 3. The van der Waals surface area contributed by atoms with Gasteiger partial charge in [-0.2, -0.15) is 0 Å². The van der Waals surface area contributed by atoms with Crippen LogP contribution in [0.1, 0.15) is 348 Å². The highest BCUT2D eigenvalue weighted by atomic mass is 27.3. The van der Waals surface area contributed by atoms with E-state index < -0.39 is 33.1 Å². The zero-order chi connectivity index (χ0) is 55.5. The lowest BCUT2D eigenvalue weighted by atomic mass is 10.0. The molecule has 0 saturated carbocycles.